The maximum atomic E-state index is 5.97. The Morgan fingerprint density at radius 2 is 2.21 bits per heavy atom. The molecule has 1 fully saturated rings. The predicted molar refractivity (Wildman–Crippen MR) is 60.9 cm³/mol. The molecule has 0 radical (unpaired) electrons. The van der Waals surface area contributed by atoms with Crippen molar-refractivity contribution in [2.24, 2.45) is 0 Å². The standard InChI is InChI=1S/C12H16ClN/c1-12(2)7-10(8-14-12)9-4-3-5-11(13)6-9/h3-6,10,14H,7-8H2,1-2H3. The van der Waals surface area contributed by atoms with Crippen molar-refractivity contribution in [1.82, 2.24) is 5.32 Å². The number of hydrogen-bond donors (Lipinski definition) is 1. The highest BCUT2D eigenvalue weighted by atomic mass is 35.5. The quantitative estimate of drug-likeness (QED) is 0.749. The van der Waals surface area contributed by atoms with E-state index in [2.05, 4.69) is 31.3 Å². The Morgan fingerprint density at radius 3 is 2.79 bits per heavy atom. The lowest BCUT2D eigenvalue weighted by Gasteiger charge is -2.17. The normalized spacial score (nSPS) is 25.2. The van der Waals surface area contributed by atoms with E-state index in [0.717, 1.165) is 11.6 Å². The molecule has 1 aliphatic rings. The maximum absolute atomic E-state index is 5.97. The molecule has 1 atom stereocenters. The first-order valence-corrected chi connectivity index (χ1v) is 5.45. The summed E-state index contributed by atoms with van der Waals surface area (Å²) in [5.74, 6) is 0.615. The Bertz CT molecular complexity index is 333. The molecule has 1 N–H and O–H groups in total. The van der Waals surface area contributed by atoms with Crippen LogP contribution in [0.25, 0.3) is 0 Å². The molecule has 0 aromatic heterocycles. The lowest BCUT2D eigenvalue weighted by molar-refractivity contribution is 0.456. The molecule has 0 aliphatic carbocycles. The minimum Gasteiger partial charge on any atom is -0.311 e. The number of rotatable bonds is 1. The topological polar surface area (TPSA) is 12.0 Å². The smallest absolute Gasteiger partial charge is 0.0408 e. The Kier molecular flexibility index (Phi) is 2.54. The molecule has 76 valence electrons. The predicted octanol–water partition coefficient (Wildman–Crippen LogP) is 3.20. The van der Waals surface area contributed by atoms with Gasteiger partial charge in [0.2, 0.25) is 0 Å². The summed E-state index contributed by atoms with van der Waals surface area (Å²) in [5, 5.41) is 4.36. The summed E-state index contributed by atoms with van der Waals surface area (Å²) < 4.78 is 0. The van der Waals surface area contributed by atoms with Gasteiger partial charge in [0, 0.05) is 17.1 Å². The molecule has 2 heteroatoms. The Morgan fingerprint density at radius 1 is 1.43 bits per heavy atom. The number of benzene rings is 1. The summed E-state index contributed by atoms with van der Waals surface area (Å²) in [6.07, 6.45) is 1.19. The molecule has 1 unspecified atom stereocenters. The van der Waals surface area contributed by atoms with Crippen LogP contribution in [0.4, 0.5) is 0 Å². The number of nitrogens with one attached hydrogen (secondary N) is 1. The van der Waals surface area contributed by atoms with E-state index < -0.39 is 0 Å². The van der Waals surface area contributed by atoms with Gasteiger partial charge >= 0.3 is 0 Å². The van der Waals surface area contributed by atoms with Crippen LogP contribution in [0, 0.1) is 0 Å². The van der Waals surface area contributed by atoms with Gasteiger partial charge in [0.15, 0.2) is 0 Å². The molecule has 2 rings (SSSR count). The zero-order valence-corrected chi connectivity index (χ0v) is 9.43. The van der Waals surface area contributed by atoms with E-state index in [9.17, 15) is 0 Å². The van der Waals surface area contributed by atoms with E-state index in [1.54, 1.807) is 0 Å². The average molecular weight is 210 g/mol. The molecule has 1 saturated heterocycles. The van der Waals surface area contributed by atoms with Crippen LogP contribution in [-0.2, 0) is 0 Å². The van der Waals surface area contributed by atoms with E-state index in [0.29, 0.717) is 5.92 Å². The first-order chi connectivity index (χ1) is 6.57. The molecule has 0 saturated carbocycles. The second-order valence-electron chi connectivity index (χ2n) is 4.72. The van der Waals surface area contributed by atoms with Crippen LogP contribution in [0.5, 0.6) is 0 Å². The maximum Gasteiger partial charge on any atom is 0.0408 e. The molecule has 14 heavy (non-hydrogen) atoms. The Balaban J connectivity index is 2.17. The largest absolute Gasteiger partial charge is 0.311 e. The van der Waals surface area contributed by atoms with Gasteiger partial charge in [-0.25, -0.2) is 0 Å². The first kappa shape index (κ1) is 10.0. The van der Waals surface area contributed by atoms with Gasteiger partial charge in [0.05, 0.1) is 0 Å². The third-order valence-electron chi connectivity index (χ3n) is 2.90. The van der Waals surface area contributed by atoms with Gasteiger partial charge in [-0.1, -0.05) is 23.7 Å². The van der Waals surface area contributed by atoms with Crippen molar-refractivity contribution < 1.29 is 0 Å². The molecule has 0 spiro atoms. The zero-order chi connectivity index (χ0) is 10.2. The molecule has 1 heterocycles. The van der Waals surface area contributed by atoms with Crippen molar-refractivity contribution in [3.8, 4) is 0 Å². The van der Waals surface area contributed by atoms with Crippen molar-refractivity contribution >= 4 is 11.6 Å². The summed E-state index contributed by atoms with van der Waals surface area (Å²) in [5.41, 5.74) is 1.63. The molecule has 1 nitrogen and oxygen atoms in total. The lowest BCUT2D eigenvalue weighted by Crippen LogP contribution is -2.31. The average Bonchev–Trinajstić information content (AvgIpc) is 2.46. The van der Waals surface area contributed by atoms with Gasteiger partial charge in [0.1, 0.15) is 0 Å². The van der Waals surface area contributed by atoms with Gasteiger partial charge in [-0.2, -0.15) is 0 Å². The van der Waals surface area contributed by atoms with Crippen LogP contribution in [0.3, 0.4) is 0 Å². The van der Waals surface area contributed by atoms with E-state index in [4.69, 9.17) is 11.6 Å². The third-order valence-corrected chi connectivity index (χ3v) is 3.14. The second kappa shape index (κ2) is 3.56. The van der Waals surface area contributed by atoms with Gasteiger partial charge < -0.3 is 5.32 Å². The Hall–Kier alpha value is -0.530. The minimum absolute atomic E-state index is 0.271. The van der Waals surface area contributed by atoms with Crippen LogP contribution in [-0.4, -0.2) is 12.1 Å². The van der Waals surface area contributed by atoms with Crippen molar-refractivity contribution in [2.75, 3.05) is 6.54 Å². The van der Waals surface area contributed by atoms with Gasteiger partial charge in [-0.05, 0) is 43.9 Å². The van der Waals surface area contributed by atoms with E-state index >= 15 is 0 Å². The van der Waals surface area contributed by atoms with Gasteiger partial charge in [-0.3, -0.25) is 0 Å². The minimum atomic E-state index is 0.271. The Labute approximate surface area is 90.5 Å². The molecular weight excluding hydrogens is 194 g/mol. The summed E-state index contributed by atoms with van der Waals surface area (Å²) >= 11 is 5.97. The second-order valence-corrected chi connectivity index (χ2v) is 5.16. The monoisotopic (exact) mass is 209 g/mol. The molecule has 1 aliphatic heterocycles. The van der Waals surface area contributed by atoms with E-state index in [1.807, 2.05) is 12.1 Å². The SMILES string of the molecule is CC1(C)CC(c2cccc(Cl)c2)CN1. The number of halogens is 1. The molecule has 1 aromatic rings. The van der Waals surface area contributed by atoms with E-state index in [1.165, 1.54) is 12.0 Å². The fourth-order valence-corrected chi connectivity index (χ4v) is 2.35. The summed E-state index contributed by atoms with van der Waals surface area (Å²) in [6.45, 7) is 5.56. The molecular formula is C12H16ClN. The highest BCUT2D eigenvalue weighted by Gasteiger charge is 2.30. The lowest BCUT2D eigenvalue weighted by atomic mass is 9.91. The number of hydrogen-bond acceptors (Lipinski definition) is 1. The zero-order valence-electron chi connectivity index (χ0n) is 8.68. The van der Waals surface area contributed by atoms with Crippen LogP contribution in [0.1, 0.15) is 31.7 Å². The van der Waals surface area contributed by atoms with Gasteiger partial charge in [-0.15, -0.1) is 0 Å². The summed E-state index contributed by atoms with van der Waals surface area (Å²) in [4.78, 5) is 0. The van der Waals surface area contributed by atoms with Crippen LogP contribution >= 0.6 is 11.6 Å². The van der Waals surface area contributed by atoms with Crippen LogP contribution in [0.2, 0.25) is 5.02 Å². The fraction of sp³-hybridized carbons (Fsp3) is 0.500. The summed E-state index contributed by atoms with van der Waals surface area (Å²) in [7, 11) is 0. The molecule has 1 aromatic carbocycles. The third kappa shape index (κ3) is 2.10. The van der Waals surface area contributed by atoms with Crippen LogP contribution in [0.15, 0.2) is 24.3 Å². The molecule has 0 bridgehead atoms. The highest BCUT2D eigenvalue weighted by Crippen LogP contribution is 2.32. The fourth-order valence-electron chi connectivity index (χ4n) is 2.16. The molecule has 0 amide bonds. The summed E-state index contributed by atoms with van der Waals surface area (Å²) in [6, 6.07) is 8.20. The van der Waals surface area contributed by atoms with Crippen molar-refractivity contribution in [2.45, 2.75) is 31.7 Å². The van der Waals surface area contributed by atoms with Crippen molar-refractivity contribution in [3.63, 3.8) is 0 Å². The van der Waals surface area contributed by atoms with Crippen molar-refractivity contribution in [3.05, 3.63) is 34.9 Å². The van der Waals surface area contributed by atoms with E-state index in [-0.39, 0.29) is 5.54 Å². The van der Waals surface area contributed by atoms with Crippen LogP contribution < -0.4 is 5.32 Å². The van der Waals surface area contributed by atoms with Gasteiger partial charge in [0.25, 0.3) is 0 Å². The van der Waals surface area contributed by atoms with Crippen molar-refractivity contribution in [1.29, 1.82) is 0 Å². The highest BCUT2D eigenvalue weighted by molar-refractivity contribution is 6.30. The first-order valence-electron chi connectivity index (χ1n) is 5.07.